The van der Waals surface area contributed by atoms with Gasteiger partial charge in [0.05, 0.1) is 0 Å². The third kappa shape index (κ3) is 10.1. The second-order valence-corrected chi connectivity index (χ2v) is 16.9. The van der Waals surface area contributed by atoms with E-state index in [1.807, 2.05) is 79.3 Å². The summed E-state index contributed by atoms with van der Waals surface area (Å²) < 4.78 is 0. The summed E-state index contributed by atoms with van der Waals surface area (Å²) in [5, 5.41) is 0. The van der Waals surface area contributed by atoms with Gasteiger partial charge in [0.15, 0.2) is 0 Å². The first-order valence-corrected chi connectivity index (χ1v) is 23.0. The van der Waals surface area contributed by atoms with Crippen molar-refractivity contribution in [1.82, 2.24) is 15.0 Å². The van der Waals surface area contributed by atoms with Crippen molar-refractivity contribution >= 4 is 0 Å². The van der Waals surface area contributed by atoms with Crippen LogP contribution in [0.4, 0.5) is 0 Å². The molecule has 0 aliphatic heterocycles. The van der Waals surface area contributed by atoms with Crippen molar-refractivity contribution in [2.45, 2.75) is 12.8 Å². The summed E-state index contributed by atoms with van der Waals surface area (Å²) in [4.78, 5) is 14.7. The Hall–Kier alpha value is -8.14. The number of nitrogens with zero attached hydrogens (tertiary/aromatic N) is 3. The fourth-order valence-corrected chi connectivity index (χ4v) is 8.95. The molecule has 0 N–H and O–H groups in total. The van der Waals surface area contributed by atoms with Gasteiger partial charge in [-0.15, -0.1) is 107 Å². The first-order chi connectivity index (χ1) is 33.7. The maximum absolute atomic E-state index is 5.04. The minimum absolute atomic E-state index is 0. The van der Waals surface area contributed by atoms with Crippen LogP contribution < -0.4 is 0 Å². The van der Waals surface area contributed by atoms with E-state index in [9.17, 15) is 0 Å². The minimum atomic E-state index is 0. The van der Waals surface area contributed by atoms with Gasteiger partial charge in [0.1, 0.15) is 0 Å². The molecule has 4 heteroatoms. The Labute approximate surface area is 418 Å². The molecule has 0 saturated carbocycles. The van der Waals surface area contributed by atoms with Gasteiger partial charge in [-0.05, 0) is 108 Å². The smallest absolute Gasteiger partial charge is 0.304 e. The molecule has 0 aliphatic carbocycles. The van der Waals surface area contributed by atoms with E-state index in [0.29, 0.717) is 0 Å². The molecule has 0 bridgehead atoms. The molecule has 0 aliphatic rings. The zero-order valence-corrected chi connectivity index (χ0v) is 40.1. The summed E-state index contributed by atoms with van der Waals surface area (Å²) in [6.45, 7) is 0. The molecule has 0 fully saturated rings. The van der Waals surface area contributed by atoms with Crippen LogP contribution in [0.5, 0.6) is 0 Å². The van der Waals surface area contributed by atoms with Crippen LogP contribution >= 0.6 is 0 Å². The van der Waals surface area contributed by atoms with E-state index in [1.165, 1.54) is 22.3 Å². The Bertz CT molecular complexity index is 3450. The van der Waals surface area contributed by atoms with Gasteiger partial charge in [-0.25, -0.2) is 0 Å². The zero-order chi connectivity index (χ0) is 45.5. The van der Waals surface area contributed by atoms with E-state index < -0.39 is 0 Å². The Morgan fingerprint density at radius 1 is 0.275 bits per heavy atom. The average molecular weight is 1060 g/mol. The zero-order valence-electron chi connectivity index (χ0n) is 37.7. The fraction of sp³-hybridized carbons (Fsp3) is 0.0308. The molecule has 69 heavy (non-hydrogen) atoms. The van der Waals surface area contributed by atoms with Gasteiger partial charge >= 0.3 is 20.1 Å². The molecule has 3 nitrogen and oxygen atoms in total. The molecular formula is C65H44IrN3. The second kappa shape index (κ2) is 20.8. The molecule has 11 aromatic rings. The van der Waals surface area contributed by atoms with Crippen molar-refractivity contribution in [3.05, 3.63) is 272 Å². The molecule has 0 atom stereocenters. The van der Waals surface area contributed by atoms with Crippen molar-refractivity contribution in [2.75, 3.05) is 0 Å². The number of hydrogen-bond acceptors (Lipinski definition) is 3. The van der Waals surface area contributed by atoms with Crippen LogP contribution in [0.3, 0.4) is 0 Å². The first kappa shape index (κ1) is 44.7. The Balaban J connectivity index is 0.00000553. The number of rotatable bonds is 12. The number of benzene rings is 8. The van der Waals surface area contributed by atoms with Crippen LogP contribution in [0.1, 0.15) is 11.1 Å². The van der Waals surface area contributed by atoms with E-state index in [0.717, 1.165) is 102 Å². The molecule has 0 spiro atoms. The summed E-state index contributed by atoms with van der Waals surface area (Å²) in [5.74, 6) is 0. The number of aromatic nitrogens is 3. The normalized spacial score (nSPS) is 10.9. The molecule has 0 radical (unpaired) electrons. The Kier molecular flexibility index (Phi) is 13.5. The van der Waals surface area contributed by atoms with Gasteiger partial charge in [0, 0.05) is 18.6 Å². The van der Waals surface area contributed by atoms with Gasteiger partial charge in [-0.2, -0.15) is 0 Å². The van der Waals surface area contributed by atoms with Crippen LogP contribution in [0, 0.1) is 18.2 Å². The predicted octanol–water partition coefficient (Wildman–Crippen LogP) is 16.1. The van der Waals surface area contributed by atoms with Crippen LogP contribution in [0.25, 0.3) is 101 Å². The SMILES string of the molecule is [Ir+3].[c-]1ccccc1-c1ccc(CCc2cc(-c3ccccc3-c3ccc(-c4[c-]cccc4)nc3)cc(-c3ccccc3-c3ccc(-c4[c-]ccc(-c5ccc(-c6ccccc6)cc5)c4)nc3)c2)cn1. The van der Waals surface area contributed by atoms with Gasteiger partial charge in [-0.3, -0.25) is 0 Å². The summed E-state index contributed by atoms with van der Waals surface area (Å²) in [6.07, 6.45) is 7.67. The number of pyridine rings is 3. The molecule has 0 saturated heterocycles. The third-order valence-corrected chi connectivity index (χ3v) is 12.5. The van der Waals surface area contributed by atoms with Gasteiger partial charge in [0.2, 0.25) is 0 Å². The van der Waals surface area contributed by atoms with E-state index >= 15 is 0 Å². The van der Waals surface area contributed by atoms with Crippen molar-refractivity contribution in [3.63, 3.8) is 0 Å². The van der Waals surface area contributed by atoms with Gasteiger partial charge < -0.3 is 15.0 Å². The number of hydrogen-bond donors (Lipinski definition) is 0. The second-order valence-electron chi connectivity index (χ2n) is 16.9. The van der Waals surface area contributed by atoms with Crippen molar-refractivity contribution in [2.24, 2.45) is 0 Å². The Morgan fingerprint density at radius 2 is 0.710 bits per heavy atom. The summed E-state index contributed by atoms with van der Waals surface area (Å²) in [6, 6.07) is 88.7. The van der Waals surface area contributed by atoms with Crippen molar-refractivity contribution in [1.29, 1.82) is 0 Å². The maximum atomic E-state index is 5.04. The van der Waals surface area contributed by atoms with Gasteiger partial charge in [0.25, 0.3) is 0 Å². The topological polar surface area (TPSA) is 38.7 Å². The van der Waals surface area contributed by atoms with Gasteiger partial charge in [-0.1, -0.05) is 152 Å². The minimum Gasteiger partial charge on any atom is -0.304 e. The summed E-state index contributed by atoms with van der Waals surface area (Å²) in [5.41, 5.74) is 21.7. The molecule has 11 rings (SSSR count). The average Bonchev–Trinajstić information content (AvgIpc) is 3.43. The molecule has 3 aromatic heterocycles. The van der Waals surface area contributed by atoms with Crippen LogP contribution in [0.2, 0.25) is 0 Å². The molecule has 0 unspecified atom stereocenters. The van der Waals surface area contributed by atoms with Crippen molar-refractivity contribution in [3.8, 4) is 101 Å². The predicted molar refractivity (Wildman–Crippen MR) is 279 cm³/mol. The van der Waals surface area contributed by atoms with E-state index in [-0.39, 0.29) is 20.1 Å². The first-order valence-electron chi connectivity index (χ1n) is 23.0. The van der Waals surface area contributed by atoms with Crippen molar-refractivity contribution < 1.29 is 20.1 Å². The quantitative estimate of drug-likeness (QED) is 0.114. The molecule has 0 amide bonds. The van der Waals surface area contributed by atoms with E-state index in [2.05, 4.69) is 182 Å². The van der Waals surface area contributed by atoms with Crippen LogP contribution in [-0.2, 0) is 32.9 Å². The summed E-state index contributed by atoms with van der Waals surface area (Å²) in [7, 11) is 0. The monoisotopic (exact) mass is 1060 g/mol. The standard InChI is InChI=1S/C65H44N3.Ir/c1-4-15-48(16-5-1)49-30-32-50(33-31-49)53-21-14-22-54(41-53)65-38-35-56(45-68-65)60-24-11-13-26-62(60)58-40-47(28-27-46-29-36-63(66-43-46)51-17-6-2-7-18-51)39-57(42-58)61-25-12-10-23-59(61)55-34-37-64(67-44-55)52-19-8-3-9-20-52;/h1-17,19,21,23-26,29-45H,27-28H2;/q-3;+3. The maximum Gasteiger partial charge on any atom is 3.00 e. The molecular weight excluding hydrogens is 1010 g/mol. The Morgan fingerprint density at radius 3 is 1.22 bits per heavy atom. The van der Waals surface area contributed by atoms with Crippen LogP contribution in [0.15, 0.2) is 243 Å². The molecule has 8 aromatic carbocycles. The largest absolute Gasteiger partial charge is 3.00 e. The molecule has 328 valence electrons. The summed E-state index contributed by atoms with van der Waals surface area (Å²) >= 11 is 0. The van der Waals surface area contributed by atoms with Crippen LogP contribution in [-0.4, -0.2) is 15.0 Å². The fourth-order valence-electron chi connectivity index (χ4n) is 8.95. The van der Waals surface area contributed by atoms with E-state index in [4.69, 9.17) is 15.0 Å². The molecule has 3 heterocycles. The third-order valence-electron chi connectivity index (χ3n) is 12.5. The number of aryl methyl sites for hydroxylation is 2. The van der Waals surface area contributed by atoms with E-state index in [1.54, 1.807) is 0 Å².